The zero-order valence-corrected chi connectivity index (χ0v) is 9.84. The molecule has 6 heteroatoms. The van der Waals surface area contributed by atoms with Gasteiger partial charge in [-0.15, -0.1) is 0 Å². The highest BCUT2D eigenvalue weighted by molar-refractivity contribution is 8.00. The van der Waals surface area contributed by atoms with Crippen LogP contribution in [0.5, 0.6) is 0 Å². The molecule has 0 amide bonds. The van der Waals surface area contributed by atoms with E-state index in [2.05, 4.69) is 0 Å². The molecule has 0 aliphatic carbocycles. The van der Waals surface area contributed by atoms with Crippen LogP contribution in [0.15, 0.2) is 23.1 Å². The standard InChI is InChI=1S/C10H8ClF3OS/c1-2-7(15)9-6(11)4-3-5-8(9)16-10(12,13)14/h3-5H,2H2,1H3. The number of carbonyl (C=O) groups excluding carboxylic acids is 1. The molecule has 0 fully saturated rings. The van der Waals surface area contributed by atoms with E-state index in [1.165, 1.54) is 18.2 Å². The Hall–Kier alpha value is -0.680. The van der Waals surface area contributed by atoms with E-state index < -0.39 is 11.3 Å². The summed E-state index contributed by atoms with van der Waals surface area (Å²) >= 11 is 5.41. The van der Waals surface area contributed by atoms with Crippen molar-refractivity contribution >= 4 is 29.1 Å². The summed E-state index contributed by atoms with van der Waals surface area (Å²) in [4.78, 5) is 11.3. The number of alkyl halides is 3. The second-order valence-electron chi connectivity index (χ2n) is 2.94. The van der Waals surface area contributed by atoms with Crippen molar-refractivity contribution in [3.8, 4) is 0 Å². The van der Waals surface area contributed by atoms with Gasteiger partial charge in [0.15, 0.2) is 5.78 Å². The topological polar surface area (TPSA) is 17.1 Å². The van der Waals surface area contributed by atoms with Gasteiger partial charge in [0.05, 0.1) is 10.6 Å². The molecular weight excluding hydrogens is 261 g/mol. The molecule has 0 radical (unpaired) electrons. The number of ketones is 1. The van der Waals surface area contributed by atoms with Crippen molar-refractivity contribution in [3.63, 3.8) is 0 Å². The average Bonchev–Trinajstić information content (AvgIpc) is 2.14. The Labute approximate surface area is 100.0 Å². The molecule has 1 rings (SSSR count). The quantitative estimate of drug-likeness (QED) is 0.591. The highest BCUT2D eigenvalue weighted by Gasteiger charge is 2.31. The smallest absolute Gasteiger partial charge is 0.294 e. The van der Waals surface area contributed by atoms with Crippen molar-refractivity contribution in [1.82, 2.24) is 0 Å². The summed E-state index contributed by atoms with van der Waals surface area (Å²) in [5, 5.41) is 0.0566. The number of benzene rings is 1. The van der Waals surface area contributed by atoms with Gasteiger partial charge in [0.2, 0.25) is 0 Å². The third-order valence-corrected chi connectivity index (χ3v) is 2.91. The maximum atomic E-state index is 12.2. The van der Waals surface area contributed by atoms with Crippen LogP contribution >= 0.6 is 23.4 Å². The second-order valence-corrected chi connectivity index (χ2v) is 4.45. The largest absolute Gasteiger partial charge is 0.446 e. The summed E-state index contributed by atoms with van der Waals surface area (Å²) < 4.78 is 36.7. The molecule has 1 aromatic carbocycles. The molecule has 0 aliphatic heterocycles. The predicted molar refractivity (Wildman–Crippen MR) is 58.0 cm³/mol. The van der Waals surface area contributed by atoms with Gasteiger partial charge in [-0.05, 0) is 23.9 Å². The number of rotatable bonds is 3. The zero-order valence-electron chi connectivity index (χ0n) is 8.27. The highest BCUT2D eigenvalue weighted by Crippen LogP contribution is 2.40. The summed E-state index contributed by atoms with van der Waals surface area (Å²) in [6.45, 7) is 1.58. The minimum atomic E-state index is -4.42. The Kier molecular flexibility index (Phi) is 4.27. The fourth-order valence-corrected chi connectivity index (χ4v) is 2.22. The molecule has 1 aromatic rings. The normalized spacial score (nSPS) is 11.6. The molecule has 0 saturated heterocycles. The molecule has 0 aliphatic rings. The van der Waals surface area contributed by atoms with Crippen LogP contribution in [0.4, 0.5) is 13.2 Å². The van der Waals surface area contributed by atoms with Gasteiger partial charge in [-0.25, -0.2) is 0 Å². The lowest BCUT2D eigenvalue weighted by molar-refractivity contribution is -0.0328. The molecule has 16 heavy (non-hydrogen) atoms. The lowest BCUT2D eigenvalue weighted by atomic mass is 10.1. The maximum absolute atomic E-state index is 12.2. The number of carbonyl (C=O) groups is 1. The molecular formula is C10H8ClF3OS. The van der Waals surface area contributed by atoms with Crippen molar-refractivity contribution in [2.45, 2.75) is 23.7 Å². The number of Topliss-reactive ketones (excluding diaryl/α,β-unsaturated/α-hetero) is 1. The molecule has 0 spiro atoms. The molecule has 0 saturated carbocycles. The second kappa shape index (κ2) is 5.10. The van der Waals surface area contributed by atoms with Gasteiger partial charge in [0.25, 0.3) is 0 Å². The van der Waals surface area contributed by atoms with Crippen LogP contribution < -0.4 is 0 Å². The SMILES string of the molecule is CCC(=O)c1c(Cl)cccc1SC(F)(F)F. The molecule has 88 valence electrons. The highest BCUT2D eigenvalue weighted by atomic mass is 35.5. The molecule has 0 aromatic heterocycles. The van der Waals surface area contributed by atoms with E-state index in [4.69, 9.17) is 11.6 Å². The van der Waals surface area contributed by atoms with Crippen molar-refractivity contribution in [1.29, 1.82) is 0 Å². The maximum Gasteiger partial charge on any atom is 0.446 e. The summed E-state index contributed by atoms with van der Waals surface area (Å²) in [5.41, 5.74) is -4.47. The number of hydrogen-bond acceptors (Lipinski definition) is 2. The average molecular weight is 269 g/mol. The van der Waals surface area contributed by atoms with Crippen molar-refractivity contribution in [2.75, 3.05) is 0 Å². The van der Waals surface area contributed by atoms with Crippen molar-refractivity contribution in [3.05, 3.63) is 28.8 Å². The van der Waals surface area contributed by atoms with E-state index in [0.717, 1.165) is 0 Å². The van der Waals surface area contributed by atoms with E-state index >= 15 is 0 Å². The lowest BCUT2D eigenvalue weighted by Crippen LogP contribution is -2.05. The van der Waals surface area contributed by atoms with Gasteiger partial charge in [-0.3, -0.25) is 4.79 Å². The summed E-state index contributed by atoms with van der Waals surface area (Å²) in [5.74, 6) is -0.391. The predicted octanol–water partition coefficient (Wildman–Crippen LogP) is 4.54. The Morgan fingerprint density at radius 2 is 2.06 bits per heavy atom. The van der Waals surface area contributed by atoms with Gasteiger partial charge < -0.3 is 0 Å². The summed E-state index contributed by atoms with van der Waals surface area (Å²) in [7, 11) is 0. The molecule has 0 unspecified atom stereocenters. The molecule has 0 N–H and O–H groups in total. The molecule has 0 atom stereocenters. The first-order valence-electron chi connectivity index (χ1n) is 4.42. The van der Waals surface area contributed by atoms with Gasteiger partial charge in [0.1, 0.15) is 0 Å². The van der Waals surface area contributed by atoms with Gasteiger partial charge in [0, 0.05) is 11.3 Å². The van der Waals surface area contributed by atoms with E-state index in [-0.39, 0.29) is 33.7 Å². The van der Waals surface area contributed by atoms with Crippen LogP contribution in [-0.2, 0) is 0 Å². The zero-order chi connectivity index (χ0) is 12.3. The molecule has 0 heterocycles. The molecule has 1 nitrogen and oxygen atoms in total. The van der Waals surface area contributed by atoms with Crippen molar-refractivity contribution < 1.29 is 18.0 Å². The van der Waals surface area contributed by atoms with E-state index in [0.29, 0.717) is 0 Å². The Balaban J connectivity index is 3.18. The fraction of sp³-hybridized carbons (Fsp3) is 0.300. The van der Waals surface area contributed by atoms with Crippen LogP contribution in [0.3, 0.4) is 0 Å². The van der Waals surface area contributed by atoms with Crippen LogP contribution in [-0.4, -0.2) is 11.3 Å². The number of hydrogen-bond donors (Lipinski definition) is 0. The fourth-order valence-electron chi connectivity index (χ4n) is 1.16. The minimum absolute atomic E-state index is 0.0472. The lowest BCUT2D eigenvalue weighted by Gasteiger charge is -2.10. The Morgan fingerprint density at radius 1 is 1.44 bits per heavy atom. The van der Waals surface area contributed by atoms with Gasteiger partial charge >= 0.3 is 5.51 Å². The first-order chi connectivity index (χ1) is 7.35. The van der Waals surface area contributed by atoms with Crippen LogP contribution in [0.25, 0.3) is 0 Å². The van der Waals surface area contributed by atoms with Crippen LogP contribution in [0, 0.1) is 0 Å². The molecule has 0 bridgehead atoms. The van der Waals surface area contributed by atoms with E-state index in [9.17, 15) is 18.0 Å². The van der Waals surface area contributed by atoms with Gasteiger partial charge in [-0.1, -0.05) is 24.6 Å². The third-order valence-electron chi connectivity index (χ3n) is 1.80. The Bertz CT molecular complexity index is 404. The van der Waals surface area contributed by atoms with E-state index in [1.807, 2.05) is 0 Å². The van der Waals surface area contributed by atoms with Crippen molar-refractivity contribution in [2.24, 2.45) is 0 Å². The van der Waals surface area contributed by atoms with Gasteiger partial charge in [-0.2, -0.15) is 13.2 Å². The Morgan fingerprint density at radius 3 is 2.56 bits per heavy atom. The third kappa shape index (κ3) is 3.42. The minimum Gasteiger partial charge on any atom is -0.294 e. The summed E-state index contributed by atoms with van der Waals surface area (Å²) in [6.07, 6.45) is 0.120. The number of thioether (sulfide) groups is 1. The van der Waals surface area contributed by atoms with Crippen LogP contribution in [0.2, 0.25) is 5.02 Å². The van der Waals surface area contributed by atoms with Crippen LogP contribution in [0.1, 0.15) is 23.7 Å². The first-order valence-corrected chi connectivity index (χ1v) is 5.62. The number of halogens is 4. The monoisotopic (exact) mass is 268 g/mol. The summed E-state index contributed by atoms with van der Waals surface area (Å²) in [6, 6.07) is 4.04. The first kappa shape index (κ1) is 13.4. The van der Waals surface area contributed by atoms with E-state index in [1.54, 1.807) is 6.92 Å².